The second kappa shape index (κ2) is 5.08. The molecule has 0 aliphatic heterocycles. The van der Waals surface area contributed by atoms with Crippen LogP contribution in [0.25, 0.3) is 0 Å². The van der Waals surface area contributed by atoms with Gasteiger partial charge in [-0.15, -0.1) is 6.58 Å². The topological polar surface area (TPSA) is 17.1 Å². The Morgan fingerprint density at radius 1 is 1.20 bits per heavy atom. The maximum Gasteiger partial charge on any atom is 0.150 e. The quantitative estimate of drug-likeness (QED) is 0.548. The van der Waals surface area contributed by atoms with Gasteiger partial charge in [0.25, 0.3) is 0 Å². The molecule has 0 spiro atoms. The highest BCUT2D eigenvalue weighted by Crippen LogP contribution is 2.16. The maximum absolute atomic E-state index is 10.6. The molecule has 15 heavy (non-hydrogen) atoms. The molecule has 0 saturated carbocycles. The van der Waals surface area contributed by atoms with Gasteiger partial charge in [-0.05, 0) is 0 Å². The lowest BCUT2D eigenvalue weighted by Gasteiger charge is -2.25. The first-order chi connectivity index (χ1) is 7.22. The van der Waals surface area contributed by atoms with Crippen LogP contribution < -0.4 is 5.19 Å². The van der Waals surface area contributed by atoms with E-state index in [-0.39, 0.29) is 0 Å². The summed E-state index contributed by atoms with van der Waals surface area (Å²) in [5.41, 5.74) is 2.90. The predicted octanol–water partition coefficient (Wildman–Crippen LogP) is 2.92. The van der Waals surface area contributed by atoms with Crippen molar-refractivity contribution in [3.05, 3.63) is 42.1 Å². The molecule has 0 N–H and O–H groups in total. The molecule has 0 unspecified atom stereocenters. The third-order valence-corrected chi connectivity index (χ3v) is 8.06. The number of benzene rings is 1. The van der Waals surface area contributed by atoms with Crippen molar-refractivity contribution in [1.82, 2.24) is 0 Å². The molecule has 0 heterocycles. The number of hydrogen-bond donors (Lipinski definition) is 0. The van der Waals surface area contributed by atoms with E-state index in [4.69, 9.17) is 0 Å². The van der Waals surface area contributed by atoms with Crippen LogP contribution in [-0.2, 0) is 0 Å². The van der Waals surface area contributed by atoms with Gasteiger partial charge in [0.2, 0.25) is 0 Å². The molecule has 1 aromatic rings. The normalized spacial score (nSPS) is 11.1. The summed E-state index contributed by atoms with van der Waals surface area (Å²) >= 11 is 0. The van der Waals surface area contributed by atoms with Crippen molar-refractivity contribution in [3.8, 4) is 0 Å². The Labute approximate surface area is 92.8 Å². The maximum atomic E-state index is 10.6. The molecule has 0 fully saturated rings. The summed E-state index contributed by atoms with van der Waals surface area (Å²) in [5, 5.41) is 1.38. The van der Waals surface area contributed by atoms with Gasteiger partial charge in [0.15, 0.2) is 0 Å². The minimum atomic E-state index is -1.48. The van der Waals surface area contributed by atoms with E-state index in [0.717, 1.165) is 11.8 Å². The molecule has 0 amide bonds. The van der Waals surface area contributed by atoms with Crippen molar-refractivity contribution in [2.45, 2.75) is 25.9 Å². The van der Waals surface area contributed by atoms with Gasteiger partial charge in [-0.1, -0.05) is 61.1 Å². The molecule has 0 atom stereocenters. The second-order valence-corrected chi connectivity index (χ2v) is 8.52. The van der Waals surface area contributed by atoms with Crippen molar-refractivity contribution in [1.29, 1.82) is 0 Å². The van der Waals surface area contributed by atoms with Crippen molar-refractivity contribution in [2.24, 2.45) is 0 Å². The Balaban J connectivity index is 3.12. The number of rotatable bonds is 5. The van der Waals surface area contributed by atoms with E-state index in [1.165, 1.54) is 17.3 Å². The van der Waals surface area contributed by atoms with Crippen LogP contribution in [0.5, 0.6) is 0 Å². The first-order valence-corrected chi connectivity index (χ1v) is 7.91. The Morgan fingerprint density at radius 2 is 1.73 bits per heavy atom. The fraction of sp³-hybridized carbons (Fsp3) is 0.308. The van der Waals surface area contributed by atoms with Crippen LogP contribution in [-0.4, -0.2) is 14.4 Å². The van der Waals surface area contributed by atoms with Crippen LogP contribution in [0.3, 0.4) is 0 Å². The lowest BCUT2D eigenvalue weighted by molar-refractivity contribution is 0.112. The van der Waals surface area contributed by atoms with Crippen molar-refractivity contribution < 1.29 is 4.79 Å². The van der Waals surface area contributed by atoms with Crippen LogP contribution >= 0.6 is 0 Å². The van der Waals surface area contributed by atoms with Gasteiger partial charge in [-0.25, -0.2) is 0 Å². The molecular weight excluding hydrogens is 200 g/mol. The summed E-state index contributed by atoms with van der Waals surface area (Å²) in [7, 11) is -1.48. The van der Waals surface area contributed by atoms with Gasteiger partial charge in [-0.3, -0.25) is 4.79 Å². The summed E-state index contributed by atoms with van der Waals surface area (Å²) in [4.78, 5) is 10.6. The third-order valence-electron chi connectivity index (χ3n) is 3.27. The van der Waals surface area contributed by atoms with Crippen molar-refractivity contribution in [2.75, 3.05) is 0 Å². The van der Waals surface area contributed by atoms with Crippen LogP contribution in [0.4, 0.5) is 0 Å². The third kappa shape index (κ3) is 2.26. The summed E-state index contributed by atoms with van der Waals surface area (Å²) in [6.45, 7) is 8.44. The zero-order chi connectivity index (χ0) is 11.3. The Hall–Kier alpha value is -1.15. The van der Waals surface area contributed by atoms with Gasteiger partial charge in [0, 0.05) is 5.56 Å². The van der Waals surface area contributed by atoms with E-state index in [9.17, 15) is 4.79 Å². The molecule has 80 valence electrons. The summed E-state index contributed by atoms with van der Waals surface area (Å²) < 4.78 is 0. The lowest BCUT2D eigenvalue weighted by Crippen LogP contribution is -2.44. The van der Waals surface area contributed by atoms with E-state index in [1.54, 1.807) is 0 Å². The molecule has 0 aliphatic carbocycles. The predicted molar refractivity (Wildman–Crippen MR) is 68.4 cm³/mol. The fourth-order valence-electron chi connectivity index (χ4n) is 1.96. The number of aldehydes is 1. The molecule has 0 aromatic heterocycles. The standard InChI is InChI=1S/C13H18OSi/c1-4-15(5-2,6-3)13-9-7-12(11-14)8-10-13/h4,7-11H,1,5-6H2,2-3H3. The minimum Gasteiger partial charge on any atom is -0.298 e. The molecule has 0 bridgehead atoms. The molecule has 1 nitrogen and oxygen atoms in total. The number of carbonyl (C=O) groups is 1. The number of hydrogen-bond acceptors (Lipinski definition) is 1. The second-order valence-electron chi connectivity index (χ2n) is 3.81. The van der Waals surface area contributed by atoms with Crippen molar-refractivity contribution >= 4 is 19.5 Å². The first-order valence-electron chi connectivity index (χ1n) is 5.41. The van der Waals surface area contributed by atoms with E-state index in [0.29, 0.717) is 0 Å². The van der Waals surface area contributed by atoms with Gasteiger partial charge in [0.05, 0.1) is 0 Å². The van der Waals surface area contributed by atoms with E-state index in [1.807, 2.05) is 12.1 Å². The molecular formula is C13H18OSi. The smallest absolute Gasteiger partial charge is 0.150 e. The van der Waals surface area contributed by atoms with Crippen LogP contribution in [0, 0.1) is 0 Å². The summed E-state index contributed by atoms with van der Waals surface area (Å²) in [6, 6.07) is 10.3. The highest BCUT2D eigenvalue weighted by molar-refractivity contribution is 6.95. The zero-order valence-corrected chi connectivity index (χ0v) is 10.5. The average Bonchev–Trinajstić information content (AvgIpc) is 2.33. The van der Waals surface area contributed by atoms with E-state index in [2.05, 4.69) is 38.3 Å². The lowest BCUT2D eigenvalue weighted by atomic mass is 10.2. The van der Waals surface area contributed by atoms with E-state index < -0.39 is 8.07 Å². The summed E-state index contributed by atoms with van der Waals surface area (Å²) in [6.07, 6.45) is 0.888. The molecule has 1 aromatic carbocycles. The van der Waals surface area contributed by atoms with Gasteiger partial charge >= 0.3 is 0 Å². The zero-order valence-electron chi connectivity index (χ0n) is 9.49. The Kier molecular flexibility index (Phi) is 4.03. The van der Waals surface area contributed by atoms with Crippen LogP contribution in [0.1, 0.15) is 24.2 Å². The number of carbonyl (C=O) groups excluding carboxylic acids is 1. The molecule has 0 aliphatic rings. The Morgan fingerprint density at radius 3 is 2.07 bits per heavy atom. The Bertz CT molecular complexity index is 336. The van der Waals surface area contributed by atoms with Crippen molar-refractivity contribution in [3.63, 3.8) is 0 Å². The van der Waals surface area contributed by atoms with E-state index >= 15 is 0 Å². The highest BCUT2D eigenvalue weighted by Gasteiger charge is 2.27. The largest absolute Gasteiger partial charge is 0.298 e. The van der Waals surface area contributed by atoms with Crippen LogP contribution in [0.15, 0.2) is 36.5 Å². The van der Waals surface area contributed by atoms with Gasteiger partial charge < -0.3 is 0 Å². The average molecular weight is 218 g/mol. The SMILES string of the molecule is C=C[Si](CC)(CC)c1ccc(C=O)cc1. The van der Waals surface area contributed by atoms with Crippen LogP contribution in [0.2, 0.25) is 12.1 Å². The first kappa shape index (κ1) is 11.9. The monoisotopic (exact) mass is 218 g/mol. The molecule has 0 saturated heterocycles. The molecule has 2 heteroatoms. The van der Waals surface area contributed by atoms with Gasteiger partial charge in [0.1, 0.15) is 14.4 Å². The summed E-state index contributed by atoms with van der Waals surface area (Å²) in [5.74, 6) is 0. The molecule has 0 radical (unpaired) electrons. The van der Waals surface area contributed by atoms with Gasteiger partial charge in [-0.2, -0.15) is 0 Å². The highest BCUT2D eigenvalue weighted by atomic mass is 28.3. The minimum absolute atomic E-state index is 0.748. The fourth-order valence-corrected chi connectivity index (χ4v) is 4.92. The molecule has 1 rings (SSSR count).